The van der Waals surface area contributed by atoms with Gasteiger partial charge in [-0.05, 0) is 35.4 Å². The molecule has 26 heavy (non-hydrogen) atoms. The van der Waals surface area contributed by atoms with Crippen LogP contribution in [0.2, 0.25) is 0 Å². The Morgan fingerprint density at radius 3 is 2.46 bits per heavy atom. The third-order valence-corrected chi connectivity index (χ3v) is 4.08. The van der Waals surface area contributed by atoms with Crippen LogP contribution in [0, 0.1) is 0 Å². The van der Waals surface area contributed by atoms with Crippen molar-refractivity contribution in [2.75, 3.05) is 0 Å². The summed E-state index contributed by atoms with van der Waals surface area (Å²) < 4.78 is 5.74. The summed E-state index contributed by atoms with van der Waals surface area (Å²) in [5.41, 5.74) is 3.89. The van der Waals surface area contributed by atoms with E-state index in [0.29, 0.717) is 22.6 Å². The van der Waals surface area contributed by atoms with E-state index in [0.717, 1.165) is 11.1 Å². The summed E-state index contributed by atoms with van der Waals surface area (Å²) in [6.45, 7) is 0. The average Bonchev–Trinajstić information content (AvgIpc) is 3.11. The molecule has 0 atom stereocenters. The number of aromatic nitrogens is 1. The van der Waals surface area contributed by atoms with Gasteiger partial charge in [0.2, 0.25) is 5.89 Å². The van der Waals surface area contributed by atoms with Crippen molar-refractivity contribution >= 4 is 29.2 Å². The van der Waals surface area contributed by atoms with Crippen LogP contribution in [0.5, 0.6) is 0 Å². The number of fused-ring (bicyclic) bond motifs is 1. The fourth-order valence-corrected chi connectivity index (χ4v) is 2.77. The smallest absolute Gasteiger partial charge is 0.336 e. The van der Waals surface area contributed by atoms with Crippen LogP contribution >= 0.6 is 0 Å². The van der Waals surface area contributed by atoms with Crippen molar-refractivity contribution in [3.05, 3.63) is 89.5 Å². The van der Waals surface area contributed by atoms with Gasteiger partial charge in [0, 0.05) is 5.56 Å². The molecule has 1 heterocycles. The zero-order chi connectivity index (χ0) is 17.9. The average molecular weight is 341 g/mol. The van der Waals surface area contributed by atoms with Crippen LogP contribution in [0.3, 0.4) is 0 Å². The van der Waals surface area contributed by atoms with Gasteiger partial charge in [-0.25, -0.2) is 9.78 Å². The van der Waals surface area contributed by atoms with Gasteiger partial charge in [-0.3, -0.25) is 0 Å². The molecule has 0 unspecified atom stereocenters. The highest BCUT2D eigenvalue weighted by Gasteiger charge is 2.13. The number of carboxylic acid groups (broad SMARTS) is 1. The van der Waals surface area contributed by atoms with Crippen LogP contribution in [0.4, 0.5) is 0 Å². The van der Waals surface area contributed by atoms with Gasteiger partial charge in [0.15, 0.2) is 5.58 Å². The molecule has 4 rings (SSSR count). The number of rotatable bonds is 4. The summed E-state index contributed by atoms with van der Waals surface area (Å²) in [5.74, 6) is -0.581. The standard InChI is InChI=1S/C22H15NO3/c24-22(25)18-14-17(21-23-19-8-4-5-9-20(19)26-21)13-12-16(18)11-10-15-6-2-1-3-7-15/h1-14H,(H,24,25). The largest absolute Gasteiger partial charge is 0.478 e. The molecule has 0 radical (unpaired) electrons. The molecule has 4 heteroatoms. The Balaban J connectivity index is 1.73. The van der Waals surface area contributed by atoms with Gasteiger partial charge in [-0.1, -0.05) is 60.7 Å². The zero-order valence-corrected chi connectivity index (χ0v) is 13.8. The van der Waals surface area contributed by atoms with Crippen LogP contribution in [-0.2, 0) is 0 Å². The van der Waals surface area contributed by atoms with Crippen molar-refractivity contribution in [1.82, 2.24) is 4.98 Å². The molecule has 0 bridgehead atoms. The number of hydrogen-bond donors (Lipinski definition) is 1. The van der Waals surface area contributed by atoms with Gasteiger partial charge in [0.1, 0.15) is 5.52 Å². The second-order valence-electron chi connectivity index (χ2n) is 5.84. The summed E-state index contributed by atoms with van der Waals surface area (Å²) >= 11 is 0. The molecule has 126 valence electrons. The predicted octanol–water partition coefficient (Wildman–Crippen LogP) is 5.36. The van der Waals surface area contributed by atoms with Crippen LogP contribution in [0.1, 0.15) is 21.5 Å². The number of oxazole rings is 1. The topological polar surface area (TPSA) is 63.3 Å². The van der Waals surface area contributed by atoms with E-state index in [1.54, 1.807) is 18.2 Å². The van der Waals surface area contributed by atoms with Crippen molar-refractivity contribution in [2.24, 2.45) is 0 Å². The lowest BCUT2D eigenvalue weighted by Crippen LogP contribution is -2.00. The minimum atomic E-state index is -0.990. The fraction of sp³-hybridized carbons (Fsp3) is 0. The Labute approximate surface area is 150 Å². The SMILES string of the molecule is O=C(O)c1cc(-c2nc3ccccc3o2)ccc1C=Cc1ccccc1. The first-order valence-corrected chi connectivity index (χ1v) is 8.17. The maximum Gasteiger partial charge on any atom is 0.336 e. The molecule has 1 aromatic heterocycles. The van der Waals surface area contributed by atoms with Crippen molar-refractivity contribution in [1.29, 1.82) is 0 Å². The highest BCUT2D eigenvalue weighted by molar-refractivity contribution is 5.95. The molecule has 0 aliphatic carbocycles. The Hall–Kier alpha value is -3.66. The maximum atomic E-state index is 11.7. The molecular weight excluding hydrogens is 326 g/mol. The normalized spacial score (nSPS) is 11.2. The van der Waals surface area contributed by atoms with E-state index < -0.39 is 5.97 Å². The number of carboxylic acids is 1. The molecule has 3 aromatic carbocycles. The highest BCUT2D eigenvalue weighted by Crippen LogP contribution is 2.26. The molecule has 0 fully saturated rings. The van der Waals surface area contributed by atoms with Crippen molar-refractivity contribution < 1.29 is 14.3 Å². The number of hydrogen-bond acceptors (Lipinski definition) is 3. The highest BCUT2D eigenvalue weighted by atomic mass is 16.4. The summed E-state index contributed by atoms with van der Waals surface area (Å²) in [4.78, 5) is 16.1. The van der Waals surface area contributed by atoms with Gasteiger partial charge >= 0.3 is 5.97 Å². The fourth-order valence-electron chi connectivity index (χ4n) is 2.77. The van der Waals surface area contributed by atoms with E-state index in [1.165, 1.54) is 0 Å². The van der Waals surface area contributed by atoms with E-state index in [4.69, 9.17) is 4.42 Å². The van der Waals surface area contributed by atoms with E-state index >= 15 is 0 Å². The van der Waals surface area contributed by atoms with Crippen LogP contribution in [-0.4, -0.2) is 16.1 Å². The monoisotopic (exact) mass is 341 g/mol. The minimum Gasteiger partial charge on any atom is -0.478 e. The summed E-state index contributed by atoms with van der Waals surface area (Å²) in [6, 6.07) is 22.4. The van der Waals surface area contributed by atoms with Gasteiger partial charge < -0.3 is 9.52 Å². The van der Waals surface area contributed by atoms with E-state index in [-0.39, 0.29) is 5.56 Å². The summed E-state index contributed by atoms with van der Waals surface area (Å²) in [5, 5.41) is 9.59. The predicted molar refractivity (Wildman–Crippen MR) is 102 cm³/mol. The Morgan fingerprint density at radius 1 is 0.923 bits per heavy atom. The lowest BCUT2D eigenvalue weighted by molar-refractivity contribution is 0.0696. The second kappa shape index (κ2) is 6.69. The zero-order valence-electron chi connectivity index (χ0n) is 13.8. The molecule has 0 saturated carbocycles. The van der Waals surface area contributed by atoms with E-state index in [2.05, 4.69) is 4.98 Å². The molecule has 0 spiro atoms. The van der Waals surface area contributed by atoms with Crippen molar-refractivity contribution in [2.45, 2.75) is 0 Å². The first-order chi connectivity index (χ1) is 12.7. The third kappa shape index (κ3) is 3.13. The number of aromatic carboxylic acids is 1. The summed E-state index contributed by atoms with van der Waals surface area (Å²) in [6.07, 6.45) is 3.69. The molecule has 4 nitrogen and oxygen atoms in total. The molecule has 0 amide bonds. The minimum absolute atomic E-state index is 0.205. The van der Waals surface area contributed by atoms with Gasteiger partial charge in [0.25, 0.3) is 0 Å². The molecule has 0 aliphatic heterocycles. The summed E-state index contributed by atoms with van der Waals surface area (Å²) in [7, 11) is 0. The first kappa shape index (κ1) is 15.8. The van der Waals surface area contributed by atoms with Crippen LogP contribution in [0.15, 0.2) is 77.2 Å². The number of benzene rings is 3. The molecule has 4 aromatic rings. The molecular formula is C22H15NO3. The third-order valence-electron chi connectivity index (χ3n) is 4.08. The molecule has 0 aliphatic rings. The van der Waals surface area contributed by atoms with Gasteiger partial charge in [0.05, 0.1) is 5.56 Å². The molecule has 1 N–H and O–H groups in total. The quantitative estimate of drug-likeness (QED) is 0.507. The van der Waals surface area contributed by atoms with E-state index in [9.17, 15) is 9.90 Å². The van der Waals surface area contributed by atoms with Gasteiger partial charge in [-0.15, -0.1) is 0 Å². The lowest BCUT2D eigenvalue weighted by Gasteiger charge is -2.04. The van der Waals surface area contributed by atoms with Crippen molar-refractivity contribution in [3.63, 3.8) is 0 Å². The number of carbonyl (C=O) groups is 1. The van der Waals surface area contributed by atoms with Gasteiger partial charge in [-0.2, -0.15) is 0 Å². The molecule has 0 saturated heterocycles. The Morgan fingerprint density at radius 2 is 1.69 bits per heavy atom. The maximum absolute atomic E-state index is 11.7. The Bertz CT molecular complexity index is 1080. The van der Waals surface area contributed by atoms with Crippen molar-refractivity contribution in [3.8, 4) is 11.5 Å². The Kier molecular flexibility index (Phi) is 4.07. The lowest BCUT2D eigenvalue weighted by atomic mass is 10.0. The van der Waals surface area contributed by atoms with E-state index in [1.807, 2.05) is 66.7 Å². The number of nitrogens with zero attached hydrogens (tertiary/aromatic N) is 1. The first-order valence-electron chi connectivity index (χ1n) is 8.17. The second-order valence-corrected chi connectivity index (χ2v) is 5.84. The van der Waals surface area contributed by atoms with Crippen LogP contribution in [0.25, 0.3) is 34.7 Å². The number of para-hydroxylation sites is 2. The van der Waals surface area contributed by atoms with Crippen LogP contribution < -0.4 is 0 Å².